The Morgan fingerprint density at radius 2 is 1.93 bits per heavy atom. The summed E-state index contributed by atoms with van der Waals surface area (Å²) in [6.07, 6.45) is 1.45. The van der Waals surface area contributed by atoms with E-state index in [4.69, 9.17) is 21.6 Å². The van der Waals surface area contributed by atoms with Crippen LogP contribution < -0.4 is 5.01 Å². The van der Waals surface area contributed by atoms with Gasteiger partial charge in [0.05, 0.1) is 35.6 Å². The third-order valence-electron chi connectivity index (χ3n) is 4.58. The molecule has 1 atom stereocenters. The molecule has 1 unspecified atom stereocenters. The normalized spacial score (nSPS) is 16.4. The van der Waals surface area contributed by atoms with Crippen molar-refractivity contribution in [2.24, 2.45) is 11.0 Å². The summed E-state index contributed by atoms with van der Waals surface area (Å²) in [6.45, 7) is 0.101. The van der Waals surface area contributed by atoms with Gasteiger partial charge in [-0.2, -0.15) is 10.4 Å². The molecular formula is C22H18ClN3O4. The summed E-state index contributed by atoms with van der Waals surface area (Å²) in [7, 11) is 1.49. The second kappa shape index (κ2) is 9.35. The fourth-order valence-corrected chi connectivity index (χ4v) is 3.20. The van der Waals surface area contributed by atoms with Crippen LogP contribution in [0.3, 0.4) is 0 Å². The number of aliphatic carboxylic acids is 1. The fraction of sp³-hybridized carbons (Fsp3) is 0.182. The van der Waals surface area contributed by atoms with Gasteiger partial charge in [-0.05, 0) is 54.5 Å². The molecule has 0 saturated heterocycles. The molecule has 152 valence electrons. The molecular weight excluding hydrogens is 406 g/mol. The molecule has 30 heavy (non-hydrogen) atoms. The van der Waals surface area contributed by atoms with Crippen LogP contribution in [0.15, 0.2) is 59.2 Å². The summed E-state index contributed by atoms with van der Waals surface area (Å²) in [5.41, 5.74) is 2.14. The maximum Gasteiger partial charge on any atom is 0.331 e. The number of carboxylic acid groups (broad SMARTS) is 1. The number of amides is 1. The summed E-state index contributed by atoms with van der Waals surface area (Å²) in [6, 6.07) is 15.2. The highest BCUT2D eigenvalue weighted by atomic mass is 35.5. The lowest BCUT2D eigenvalue weighted by molar-refractivity contribution is -0.132. The van der Waals surface area contributed by atoms with Crippen LogP contribution in [0.1, 0.15) is 17.5 Å². The van der Waals surface area contributed by atoms with E-state index in [1.54, 1.807) is 48.5 Å². The maximum absolute atomic E-state index is 13.0. The van der Waals surface area contributed by atoms with Gasteiger partial charge in [0.25, 0.3) is 5.91 Å². The highest BCUT2D eigenvalue weighted by Crippen LogP contribution is 2.29. The first kappa shape index (κ1) is 21.2. The molecule has 3 rings (SSSR count). The molecule has 0 aliphatic carbocycles. The number of carbonyl (C=O) groups excluding carboxylic acids is 1. The van der Waals surface area contributed by atoms with Crippen molar-refractivity contribution in [3.8, 4) is 6.07 Å². The van der Waals surface area contributed by atoms with Gasteiger partial charge in [-0.25, -0.2) is 9.80 Å². The lowest BCUT2D eigenvalue weighted by Crippen LogP contribution is -2.29. The lowest BCUT2D eigenvalue weighted by atomic mass is 9.93. The van der Waals surface area contributed by atoms with Crippen LogP contribution in [-0.4, -0.2) is 36.4 Å². The predicted molar refractivity (Wildman–Crippen MR) is 113 cm³/mol. The van der Waals surface area contributed by atoms with Gasteiger partial charge in [-0.15, -0.1) is 0 Å². The van der Waals surface area contributed by atoms with Crippen LogP contribution in [0.25, 0.3) is 6.08 Å². The highest BCUT2D eigenvalue weighted by molar-refractivity contribution is 6.30. The minimum Gasteiger partial charge on any atom is -0.478 e. The molecule has 1 aliphatic rings. The molecule has 1 heterocycles. The second-order valence-electron chi connectivity index (χ2n) is 6.62. The van der Waals surface area contributed by atoms with E-state index >= 15 is 0 Å². The average molecular weight is 424 g/mol. The van der Waals surface area contributed by atoms with Gasteiger partial charge in [0, 0.05) is 17.7 Å². The summed E-state index contributed by atoms with van der Waals surface area (Å²) < 4.78 is 5.17. The van der Waals surface area contributed by atoms with E-state index in [1.807, 2.05) is 6.07 Å². The molecule has 0 fully saturated rings. The highest BCUT2D eigenvalue weighted by Gasteiger charge is 2.37. The largest absolute Gasteiger partial charge is 0.478 e. The van der Waals surface area contributed by atoms with E-state index in [1.165, 1.54) is 18.2 Å². The van der Waals surface area contributed by atoms with Gasteiger partial charge >= 0.3 is 5.97 Å². The van der Waals surface area contributed by atoms with E-state index in [-0.39, 0.29) is 24.5 Å². The van der Waals surface area contributed by atoms with Crippen molar-refractivity contribution in [1.82, 2.24) is 0 Å². The first-order chi connectivity index (χ1) is 14.4. The third kappa shape index (κ3) is 4.74. The summed E-state index contributed by atoms with van der Waals surface area (Å²) in [5.74, 6) is -2.23. The number of hydrogen-bond acceptors (Lipinski definition) is 5. The van der Waals surface area contributed by atoms with Gasteiger partial charge in [0.2, 0.25) is 0 Å². The molecule has 1 amide bonds. The van der Waals surface area contributed by atoms with Crippen molar-refractivity contribution in [3.05, 3.63) is 70.3 Å². The van der Waals surface area contributed by atoms with E-state index in [0.717, 1.165) is 0 Å². The van der Waals surface area contributed by atoms with Crippen LogP contribution in [0.5, 0.6) is 0 Å². The average Bonchev–Trinajstić information content (AvgIpc) is 3.04. The molecule has 0 saturated carbocycles. The summed E-state index contributed by atoms with van der Waals surface area (Å²) in [5, 5.41) is 24.7. The van der Waals surface area contributed by atoms with E-state index in [0.29, 0.717) is 27.5 Å². The third-order valence-corrected chi connectivity index (χ3v) is 4.83. The quantitative estimate of drug-likeness (QED) is 0.683. The fourth-order valence-electron chi connectivity index (χ4n) is 3.07. The summed E-state index contributed by atoms with van der Waals surface area (Å²) >= 11 is 5.91. The predicted octanol–water partition coefficient (Wildman–Crippen LogP) is 3.74. The Hall–Kier alpha value is -3.47. The van der Waals surface area contributed by atoms with Crippen LogP contribution in [-0.2, 0) is 14.3 Å². The van der Waals surface area contributed by atoms with Gasteiger partial charge < -0.3 is 9.84 Å². The van der Waals surface area contributed by atoms with Crippen molar-refractivity contribution in [3.63, 3.8) is 0 Å². The molecule has 8 heteroatoms. The number of benzene rings is 2. The zero-order valence-electron chi connectivity index (χ0n) is 16.1. The Morgan fingerprint density at radius 3 is 2.50 bits per heavy atom. The molecule has 2 aromatic carbocycles. The Labute approximate surface area is 178 Å². The van der Waals surface area contributed by atoms with Crippen LogP contribution >= 0.6 is 11.6 Å². The SMILES string of the molecule is COCC1=NN(c2ccc(Cl)cc2)C(=O)C1CC(=Cc1ccc(C#N)cc1)C(=O)O. The minimum absolute atomic E-state index is 0.0412. The number of nitriles is 1. The Bertz CT molecular complexity index is 1050. The van der Waals surface area contributed by atoms with Crippen molar-refractivity contribution >= 4 is 41.0 Å². The monoisotopic (exact) mass is 423 g/mol. The molecule has 2 aromatic rings. The van der Waals surface area contributed by atoms with Crippen molar-refractivity contribution < 1.29 is 19.4 Å². The number of rotatable bonds is 7. The number of anilines is 1. The van der Waals surface area contributed by atoms with Crippen LogP contribution in [0.2, 0.25) is 5.02 Å². The smallest absolute Gasteiger partial charge is 0.331 e. The number of halogens is 1. The van der Waals surface area contributed by atoms with Crippen LogP contribution in [0.4, 0.5) is 5.69 Å². The zero-order chi connectivity index (χ0) is 21.7. The number of methoxy groups -OCH3 is 1. The second-order valence-corrected chi connectivity index (χ2v) is 7.05. The number of nitrogens with zero attached hydrogens (tertiary/aromatic N) is 3. The molecule has 0 radical (unpaired) electrons. The topological polar surface area (TPSA) is 103 Å². The first-order valence-electron chi connectivity index (χ1n) is 9.02. The Kier molecular flexibility index (Phi) is 6.62. The zero-order valence-corrected chi connectivity index (χ0v) is 16.8. The number of carboxylic acids is 1. The van der Waals surface area contributed by atoms with Crippen molar-refractivity contribution in [2.75, 3.05) is 18.7 Å². The summed E-state index contributed by atoms with van der Waals surface area (Å²) in [4.78, 5) is 24.9. The van der Waals surface area contributed by atoms with E-state index < -0.39 is 11.9 Å². The molecule has 0 aromatic heterocycles. The minimum atomic E-state index is -1.13. The number of ether oxygens (including phenoxy) is 1. The van der Waals surface area contributed by atoms with Gasteiger partial charge in [-0.1, -0.05) is 23.7 Å². The number of hydrazone groups is 1. The van der Waals surface area contributed by atoms with Gasteiger partial charge in [0.1, 0.15) is 0 Å². The lowest BCUT2D eigenvalue weighted by Gasteiger charge is -2.15. The standard InChI is InChI=1S/C22H18ClN3O4/c1-30-13-20-19(21(27)26(25-20)18-8-6-17(23)7-9-18)11-16(22(28)29)10-14-2-4-15(12-24)5-3-14/h2-10,19H,11,13H2,1H3,(H,28,29). The maximum atomic E-state index is 13.0. The molecule has 1 N–H and O–H groups in total. The first-order valence-corrected chi connectivity index (χ1v) is 9.40. The van der Waals surface area contributed by atoms with Crippen molar-refractivity contribution in [2.45, 2.75) is 6.42 Å². The van der Waals surface area contributed by atoms with E-state index in [2.05, 4.69) is 5.10 Å². The van der Waals surface area contributed by atoms with E-state index in [9.17, 15) is 14.7 Å². The Morgan fingerprint density at radius 1 is 1.27 bits per heavy atom. The number of carbonyl (C=O) groups is 2. The van der Waals surface area contributed by atoms with Crippen LogP contribution in [0, 0.1) is 17.2 Å². The molecule has 0 spiro atoms. The molecule has 1 aliphatic heterocycles. The molecule has 0 bridgehead atoms. The van der Waals surface area contributed by atoms with Gasteiger partial charge in [0.15, 0.2) is 0 Å². The molecule has 7 nitrogen and oxygen atoms in total. The number of hydrogen-bond donors (Lipinski definition) is 1. The van der Waals surface area contributed by atoms with Crippen molar-refractivity contribution in [1.29, 1.82) is 5.26 Å². The Balaban J connectivity index is 1.89. The van der Waals surface area contributed by atoms with Gasteiger partial charge in [-0.3, -0.25) is 4.79 Å².